The molecule has 1 amide bonds. The number of amides is 1. The molecule has 29 heavy (non-hydrogen) atoms. The Hall–Kier alpha value is -3.13. The SMILES string of the molecule is CCOc1ccccc1[C@@H]1N(C(C)=O)c2ccccc2-c2c(=O)[nH]c(SC)n[n+]21. The number of thioether (sulfide) groups is 1. The first-order chi connectivity index (χ1) is 14.1. The summed E-state index contributed by atoms with van der Waals surface area (Å²) >= 11 is 1.34. The van der Waals surface area contributed by atoms with E-state index in [-0.39, 0.29) is 11.5 Å². The fourth-order valence-electron chi connectivity index (χ4n) is 3.67. The summed E-state index contributed by atoms with van der Waals surface area (Å²) in [6.45, 7) is 3.91. The maximum Gasteiger partial charge on any atom is 0.325 e. The zero-order valence-corrected chi connectivity index (χ0v) is 17.2. The fourth-order valence-corrected chi connectivity index (χ4v) is 4.03. The smallest absolute Gasteiger partial charge is 0.325 e. The van der Waals surface area contributed by atoms with Gasteiger partial charge in [0.25, 0.3) is 6.17 Å². The molecule has 0 fully saturated rings. The van der Waals surface area contributed by atoms with Crippen LogP contribution in [0.3, 0.4) is 0 Å². The van der Waals surface area contributed by atoms with Crippen molar-refractivity contribution >= 4 is 23.4 Å². The summed E-state index contributed by atoms with van der Waals surface area (Å²) in [7, 11) is 0. The number of nitrogens with one attached hydrogen (secondary N) is 1. The molecule has 0 spiro atoms. The van der Waals surface area contributed by atoms with E-state index in [1.165, 1.54) is 18.7 Å². The number of hydrogen-bond donors (Lipinski definition) is 1. The van der Waals surface area contributed by atoms with Crippen molar-refractivity contribution in [3.63, 3.8) is 0 Å². The minimum Gasteiger partial charge on any atom is -0.493 e. The number of anilines is 1. The van der Waals surface area contributed by atoms with Gasteiger partial charge >= 0.3 is 11.3 Å². The monoisotopic (exact) mass is 409 g/mol. The highest BCUT2D eigenvalue weighted by Gasteiger charge is 2.45. The van der Waals surface area contributed by atoms with Crippen LogP contribution < -0.4 is 19.9 Å². The molecule has 0 saturated carbocycles. The second-order valence-electron chi connectivity index (χ2n) is 6.51. The molecule has 4 rings (SSSR count). The number of nitrogens with zero attached hydrogens (tertiary/aromatic N) is 3. The predicted molar refractivity (Wildman–Crippen MR) is 111 cm³/mol. The van der Waals surface area contributed by atoms with Crippen molar-refractivity contribution in [2.45, 2.75) is 25.2 Å². The lowest BCUT2D eigenvalue weighted by Gasteiger charge is -2.31. The molecule has 0 radical (unpaired) electrons. The van der Waals surface area contributed by atoms with Crippen LogP contribution in [0.1, 0.15) is 25.6 Å². The van der Waals surface area contributed by atoms with Gasteiger partial charge in [-0.1, -0.05) is 36.0 Å². The second kappa shape index (κ2) is 7.71. The van der Waals surface area contributed by atoms with Gasteiger partial charge < -0.3 is 4.74 Å². The van der Waals surface area contributed by atoms with E-state index in [9.17, 15) is 9.59 Å². The first-order valence-electron chi connectivity index (χ1n) is 9.27. The third kappa shape index (κ3) is 3.19. The Morgan fingerprint density at radius 3 is 2.69 bits per heavy atom. The summed E-state index contributed by atoms with van der Waals surface area (Å²) in [6.07, 6.45) is 1.20. The summed E-state index contributed by atoms with van der Waals surface area (Å²) in [5.41, 5.74) is 2.25. The first-order valence-corrected chi connectivity index (χ1v) is 10.5. The maximum absolute atomic E-state index is 13.0. The molecule has 0 bridgehead atoms. The minimum atomic E-state index is -0.645. The van der Waals surface area contributed by atoms with E-state index in [1.54, 1.807) is 9.58 Å². The average Bonchev–Trinajstić information content (AvgIpc) is 2.73. The molecule has 1 aliphatic rings. The van der Waals surface area contributed by atoms with Crippen LogP contribution in [0, 0.1) is 0 Å². The van der Waals surface area contributed by atoms with E-state index in [1.807, 2.05) is 61.7 Å². The number of carbonyl (C=O) groups is 1. The summed E-state index contributed by atoms with van der Waals surface area (Å²) < 4.78 is 7.47. The highest BCUT2D eigenvalue weighted by atomic mass is 32.2. The van der Waals surface area contributed by atoms with Crippen LogP contribution in [0.5, 0.6) is 5.75 Å². The third-order valence-corrected chi connectivity index (χ3v) is 5.36. The number of para-hydroxylation sites is 2. The van der Waals surface area contributed by atoms with Crippen LogP contribution in [0.25, 0.3) is 11.3 Å². The van der Waals surface area contributed by atoms with Gasteiger partial charge in [-0.2, -0.15) is 0 Å². The van der Waals surface area contributed by atoms with Gasteiger partial charge in [0.1, 0.15) is 5.75 Å². The number of benzene rings is 2. The van der Waals surface area contributed by atoms with Crippen molar-refractivity contribution in [3.8, 4) is 17.0 Å². The molecule has 0 saturated heterocycles. The zero-order valence-electron chi connectivity index (χ0n) is 16.4. The second-order valence-corrected chi connectivity index (χ2v) is 7.30. The normalized spacial score (nSPS) is 14.9. The Labute approximate surface area is 172 Å². The Balaban J connectivity index is 2.09. The van der Waals surface area contributed by atoms with Crippen molar-refractivity contribution in [3.05, 3.63) is 64.4 Å². The molecule has 1 atom stereocenters. The lowest BCUT2D eigenvalue weighted by Crippen LogP contribution is -2.60. The molecule has 148 valence electrons. The van der Waals surface area contributed by atoms with Crippen LogP contribution in [0.4, 0.5) is 5.69 Å². The number of H-pyrrole nitrogens is 1. The van der Waals surface area contributed by atoms with E-state index < -0.39 is 6.17 Å². The first kappa shape index (κ1) is 19.2. The molecule has 2 aromatic carbocycles. The summed E-state index contributed by atoms with van der Waals surface area (Å²) in [5.74, 6) is 0.497. The Bertz CT molecular complexity index is 1140. The fraction of sp³-hybridized carbons (Fsp3) is 0.238. The number of ether oxygens (including phenoxy) is 1. The van der Waals surface area contributed by atoms with E-state index in [0.717, 1.165) is 5.56 Å². The van der Waals surface area contributed by atoms with E-state index in [0.29, 0.717) is 34.5 Å². The number of aromatic nitrogens is 3. The van der Waals surface area contributed by atoms with Crippen molar-refractivity contribution in [2.75, 3.05) is 17.8 Å². The standard InChI is InChI=1S/C21H20N4O3S/c1-4-28-17-12-8-6-10-15(17)20-24(13(2)26)16-11-7-5-9-14(16)18-19(27)22-21(29-3)23-25(18)20/h5-12,20H,4H2,1-3H3/p+1/t20-/m1/s1. The molecule has 8 heteroatoms. The van der Waals surface area contributed by atoms with E-state index >= 15 is 0 Å². The van der Waals surface area contributed by atoms with Crippen LogP contribution in [0.15, 0.2) is 58.5 Å². The third-order valence-electron chi connectivity index (χ3n) is 4.79. The molecule has 2 heterocycles. The Kier molecular flexibility index (Phi) is 5.10. The van der Waals surface area contributed by atoms with Crippen LogP contribution >= 0.6 is 11.8 Å². The van der Waals surface area contributed by atoms with Crippen molar-refractivity contribution < 1.29 is 14.2 Å². The van der Waals surface area contributed by atoms with Crippen molar-refractivity contribution in [1.29, 1.82) is 0 Å². The van der Waals surface area contributed by atoms with Crippen molar-refractivity contribution in [2.24, 2.45) is 0 Å². The van der Waals surface area contributed by atoms with Gasteiger partial charge in [0.2, 0.25) is 11.1 Å². The van der Waals surface area contributed by atoms with Gasteiger partial charge in [-0.15, -0.1) is 0 Å². The number of rotatable bonds is 4. The zero-order chi connectivity index (χ0) is 20.5. The van der Waals surface area contributed by atoms with Gasteiger partial charge in [-0.05, 0) is 42.1 Å². The molecular formula is C21H21N4O3S+. The van der Waals surface area contributed by atoms with Gasteiger partial charge in [0.05, 0.1) is 23.4 Å². The number of aromatic amines is 1. The minimum absolute atomic E-state index is 0.153. The average molecular weight is 409 g/mol. The summed E-state index contributed by atoms with van der Waals surface area (Å²) in [6, 6.07) is 14.9. The maximum atomic E-state index is 13.0. The van der Waals surface area contributed by atoms with Crippen LogP contribution in [-0.2, 0) is 4.79 Å². The summed E-state index contributed by atoms with van der Waals surface area (Å²) in [5, 5.41) is 5.13. The molecule has 0 aliphatic carbocycles. The topological polar surface area (TPSA) is 79.2 Å². The molecule has 7 nitrogen and oxygen atoms in total. The molecule has 0 unspecified atom stereocenters. The lowest BCUT2D eigenvalue weighted by atomic mass is 10.0. The molecule has 1 aliphatic heterocycles. The predicted octanol–water partition coefficient (Wildman–Crippen LogP) is 2.76. The van der Waals surface area contributed by atoms with Gasteiger partial charge in [-0.3, -0.25) is 14.6 Å². The van der Waals surface area contributed by atoms with Crippen molar-refractivity contribution in [1.82, 2.24) is 10.1 Å². The Morgan fingerprint density at radius 1 is 1.24 bits per heavy atom. The molecule has 1 aromatic heterocycles. The number of hydrogen-bond acceptors (Lipinski definition) is 5. The lowest BCUT2D eigenvalue weighted by molar-refractivity contribution is -0.763. The van der Waals surface area contributed by atoms with Gasteiger partial charge in [0, 0.05) is 12.0 Å². The van der Waals surface area contributed by atoms with E-state index in [4.69, 9.17) is 4.74 Å². The molecular weight excluding hydrogens is 388 g/mol. The van der Waals surface area contributed by atoms with Crippen LogP contribution in [-0.4, -0.2) is 28.9 Å². The largest absolute Gasteiger partial charge is 0.493 e. The quantitative estimate of drug-likeness (QED) is 0.530. The van der Waals surface area contributed by atoms with Gasteiger partial charge in [-0.25, -0.2) is 4.90 Å². The molecule has 1 N–H and O–H groups in total. The van der Waals surface area contributed by atoms with Gasteiger partial charge in [0.15, 0.2) is 0 Å². The Morgan fingerprint density at radius 2 is 1.97 bits per heavy atom. The van der Waals surface area contributed by atoms with E-state index in [2.05, 4.69) is 10.1 Å². The highest BCUT2D eigenvalue weighted by Crippen LogP contribution is 2.39. The highest BCUT2D eigenvalue weighted by molar-refractivity contribution is 7.98. The van der Waals surface area contributed by atoms with Crippen LogP contribution in [0.2, 0.25) is 0 Å². The number of fused-ring (bicyclic) bond motifs is 3. The number of carbonyl (C=O) groups excluding carboxylic acids is 1. The summed E-state index contributed by atoms with van der Waals surface area (Å²) in [4.78, 5) is 30.3. The molecule has 3 aromatic rings.